The number of anilines is 1. The highest BCUT2D eigenvalue weighted by atomic mass is 19.1. The highest BCUT2D eigenvalue weighted by Crippen LogP contribution is 2.37. The molecule has 1 aliphatic rings. The van der Waals surface area contributed by atoms with Crippen molar-refractivity contribution in [2.45, 2.75) is 57.7 Å². The van der Waals surface area contributed by atoms with Crippen LogP contribution in [0.2, 0.25) is 0 Å². The number of halogens is 1. The van der Waals surface area contributed by atoms with Crippen LogP contribution in [0, 0.1) is 17.3 Å². The monoisotopic (exact) mass is 334 g/mol. The van der Waals surface area contributed by atoms with Gasteiger partial charge in [-0.2, -0.15) is 5.26 Å². The molecule has 1 aliphatic heterocycles. The Kier molecular flexibility index (Phi) is 5.11. The minimum absolute atomic E-state index is 0.0274. The summed E-state index contributed by atoms with van der Waals surface area (Å²) < 4.78 is 13.0. The van der Waals surface area contributed by atoms with Crippen LogP contribution in [0.5, 0.6) is 0 Å². The van der Waals surface area contributed by atoms with E-state index >= 15 is 0 Å². The molecule has 0 amide bonds. The molecular formula is C17H25FN5O+. The maximum atomic E-state index is 13.0. The zero-order chi connectivity index (χ0) is 18.0. The van der Waals surface area contributed by atoms with Crippen LogP contribution in [0.1, 0.15) is 40.5 Å². The van der Waals surface area contributed by atoms with E-state index in [1.54, 1.807) is 17.2 Å². The maximum Gasteiger partial charge on any atom is 0.209 e. The predicted octanol–water partition coefficient (Wildman–Crippen LogP) is 2.33. The number of benzene rings is 1. The smallest absolute Gasteiger partial charge is 0.209 e. The highest BCUT2D eigenvalue weighted by Gasteiger charge is 2.48. The van der Waals surface area contributed by atoms with Crippen LogP contribution in [-0.2, 0) is 0 Å². The second-order valence-electron chi connectivity index (χ2n) is 7.37. The van der Waals surface area contributed by atoms with Gasteiger partial charge in [-0.3, -0.25) is 5.32 Å². The van der Waals surface area contributed by atoms with Gasteiger partial charge in [-0.1, -0.05) is 5.06 Å². The van der Waals surface area contributed by atoms with E-state index in [1.165, 1.54) is 12.1 Å². The first-order chi connectivity index (χ1) is 11.1. The minimum atomic E-state index is -0.321. The Bertz CT molecular complexity index is 630. The molecule has 1 heterocycles. The Morgan fingerprint density at radius 3 is 2.29 bits per heavy atom. The van der Waals surface area contributed by atoms with Crippen LogP contribution in [-0.4, -0.2) is 33.3 Å². The Morgan fingerprint density at radius 2 is 1.79 bits per heavy atom. The van der Waals surface area contributed by atoms with Gasteiger partial charge in [0.25, 0.3) is 0 Å². The van der Waals surface area contributed by atoms with Gasteiger partial charge in [-0.05, 0) is 64.8 Å². The van der Waals surface area contributed by atoms with Crippen LogP contribution < -0.4 is 10.6 Å². The summed E-state index contributed by atoms with van der Waals surface area (Å²) in [7, 11) is 0. The molecule has 7 heteroatoms. The molecule has 1 aromatic rings. The third-order valence-corrected chi connectivity index (χ3v) is 4.27. The number of hydroxylamine groups is 2. The van der Waals surface area contributed by atoms with Crippen molar-refractivity contribution in [3.05, 3.63) is 30.1 Å². The van der Waals surface area contributed by atoms with Crippen molar-refractivity contribution in [1.82, 2.24) is 10.4 Å². The predicted molar refractivity (Wildman–Crippen MR) is 92.8 cm³/mol. The SMILES string of the molecule is CC1(C)CC(N=C(NC#N)Nc2ccc(F)cc2)CC(C)(C)N1[OH2+]. The van der Waals surface area contributed by atoms with E-state index < -0.39 is 0 Å². The van der Waals surface area contributed by atoms with Crippen LogP contribution in [0.25, 0.3) is 0 Å². The van der Waals surface area contributed by atoms with E-state index in [1.807, 2.05) is 33.9 Å². The number of guanidine groups is 1. The number of aliphatic imine (C=N–C) groups is 1. The number of hydrogen-bond acceptors (Lipinski definition) is 3. The van der Waals surface area contributed by atoms with Gasteiger partial charge in [0.15, 0.2) is 6.19 Å². The summed E-state index contributed by atoms with van der Waals surface area (Å²) in [4.78, 5) is 4.64. The topological polar surface area (TPSA) is 86.3 Å². The van der Waals surface area contributed by atoms with Gasteiger partial charge in [0, 0.05) is 5.69 Å². The highest BCUT2D eigenvalue weighted by molar-refractivity contribution is 5.94. The van der Waals surface area contributed by atoms with E-state index in [0.29, 0.717) is 24.5 Å². The molecule has 4 N–H and O–H groups in total. The number of nitriles is 1. The van der Waals surface area contributed by atoms with E-state index in [4.69, 9.17) is 10.5 Å². The molecular weight excluding hydrogens is 309 g/mol. The summed E-state index contributed by atoms with van der Waals surface area (Å²) >= 11 is 0. The first-order valence-corrected chi connectivity index (χ1v) is 7.91. The van der Waals surface area contributed by atoms with Gasteiger partial charge < -0.3 is 10.5 Å². The molecule has 0 unspecified atom stereocenters. The number of piperidine rings is 1. The second-order valence-corrected chi connectivity index (χ2v) is 7.37. The van der Waals surface area contributed by atoms with E-state index in [0.717, 1.165) is 0 Å². The Labute approximate surface area is 142 Å². The van der Waals surface area contributed by atoms with E-state index in [2.05, 4.69) is 15.6 Å². The quantitative estimate of drug-likeness (QED) is 0.286. The molecule has 1 fully saturated rings. The molecule has 0 saturated carbocycles. The Morgan fingerprint density at radius 1 is 1.25 bits per heavy atom. The summed E-state index contributed by atoms with van der Waals surface area (Å²) in [5.41, 5.74) is 0.0157. The first kappa shape index (κ1) is 18.2. The third-order valence-electron chi connectivity index (χ3n) is 4.27. The Hall–Kier alpha value is -2.17. The molecule has 0 spiro atoms. The maximum absolute atomic E-state index is 13.0. The molecule has 24 heavy (non-hydrogen) atoms. The molecule has 0 aromatic heterocycles. The fourth-order valence-electron chi connectivity index (χ4n) is 3.32. The van der Waals surface area contributed by atoms with Gasteiger partial charge in [0.1, 0.15) is 5.82 Å². The molecule has 130 valence electrons. The number of nitrogens with one attached hydrogen (secondary N) is 2. The summed E-state index contributed by atoms with van der Waals surface area (Å²) in [5, 5.41) is 24.4. The number of nitrogens with zero attached hydrogens (tertiary/aromatic N) is 3. The standard InChI is InChI=1S/C17H24FN5O/c1-16(2)9-14(10-17(3,4)23(16)24)22-15(20-11-19)21-13-7-5-12(18)6-8-13/h5-8,14,24H,9-10H2,1-4H3,(H2,20,21,22)/p+1. The summed E-state index contributed by atoms with van der Waals surface area (Å²) in [6.45, 7) is 8.09. The third kappa shape index (κ3) is 4.22. The lowest BCUT2D eigenvalue weighted by molar-refractivity contribution is -0.244. The van der Waals surface area contributed by atoms with Crippen molar-refractivity contribution in [2.75, 3.05) is 5.32 Å². The molecule has 0 aliphatic carbocycles. The van der Waals surface area contributed by atoms with E-state index in [-0.39, 0.29) is 22.9 Å². The summed E-state index contributed by atoms with van der Waals surface area (Å²) in [5.74, 6) is 0.0118. The summed E-state index contributed by atoms with van der Waals surface area (Å²) in [6, 6.07) is 5.84. The van der Waals surface area contributed by atoms with Gasteiger partial charge in [-0.25, -0.2) is 9.38 Å². The Balaban J connectivity index is 2.20. The lowest BCUT2D eigenvalue weighted by Gasteiger charge is -2.46. The average Bonchev–Trinajstić information content (AvgIpc) is 2.47. The van der Waals surface area contributed by atoms with Crippen LogP contribution >= 0.6 is 0 Å². The lowest BCUT2D eigenvalue weighted by Crippen LogP contribution is -2.60. The van der Waals surface area contributed by atoms with Crippen molar-refractivity contribution in [3.63, 3.8) is 0 Å². The van der Waals surface area contributed by atoms with Crippen LogP contribution in [0.15, 0.2) is 29.3 Å². The van der Waals surface area contributed by atoms with Gasteiger partial charge in [0.2, 0.25) is 5.96 Å². The van der Waals surface area contributed by atoms with Gasteiger partial charge in [0.05, 0.1) is 17.1 Å². The zero-order valence-electron chi connectivity index (χ0n) is 14.5. The fourth-order valence-corrected chi connectivity index (χ4v) is 3.32. The van der Waals surface area contributed by atoms with Gasteiger partial charge in [-0.15, -0.1) is 0 Å². The average molecular weight is 334 g/mol. The number of rotatable bonds is 2. The molecule has 0 radical (unpaired) electrons. The first-order valence-electron chi connectivity index (χ1n) is 7.91. The van der Waals surface area contributed by atoms with Gasteiger partial charge >= 0.3 is 0 Å². The van der Waals surface area contributed by atoms with Crippen molar-refractivity contribution in [2.24, 2.45) is 4.99 Å². The molecule has 2 rings (SSSR count). The fraction of sp³-hybridized carbons (Fsp3) is 0.529. The second kappa shape index (κ2) is 6.75. The van der Waals surface area contributed by atoms with Crippen molar-refractivity contribution in [3.8, 4) is 6.19 Å². The largest absolute Gasteiger partial charge is 0.338 e. The minimum Gasteiger partial charge on any atom is -0.338 e. The normalized spacial score (nSPS) is 21.1. The van der Waals surface area contributed by atoms with Crippen LogP contribution in [0.4, 0.5) is 10.1 Å². The molecule has 0 bridgehead atoms. The molecule has 0 atom stereocenters. The van der Waals surface area contributed by atoms with Crippen molar-refractivity contribution < 1.29 is 9.60 Å². The van der Waals surface area contributed by atoms with Crippen molar-refractivity contribution in [1.29, 1.82) is 5.26 Å². The zero-order valence-corrected chi connectivity index (χ0v) is 14.5. The van der Waals surface area contributed by atoms with Crippen molar-refractivity contribution >= 4 is 11.6 Å². The lowest BCUT2D eigenvalue weighted by atomic mass is 9.79. The molecule has 1 aromatic carbocycles. The van der Waals surface area contributed by atoms with Crippen LogP contribution in [0.3, 0.4) is 0 Å². The molecule has 1 saturated heterocycles. The molecule has 6 nitrogen and oxygen atoms in total. The summed E-state index contributed by atoms with van der Waals surface area (Å²) in [6.07, 6.45) is 3.29. The number of hydrogen-bond donors (Lipinski definition) is 2. The van der Waals surface area contributed by atoms with E-state index in [9.17, 15) is 4.39 Å².